The molecule has 1 aromatic carbocycles. The quantitative estimate of drug-likeness (QED) is 0.809. The molecule has 0 amide bonds. The van der Waals surface area contributed by atoms with Crippen molar-refractivity contribution in [1.29, 1.82) is 5.26 Å². The molecule has 0 heterocycles. The number of benzene rings is 1. The first kappa shape index (κ1) is 14.1. The number of ether oxygens (including phenoxy) is 1. The topological polar surface area (TPSA) is 62.1 Å². The second-order valence-corrected chi connectivity index (χ2v) is 3.44. The van der Waals surface area contributed by atoms with Crippen LogP contribution in [0.15, 0.2) is 12.1 Å². The highest BCUT2D eigenvalue weighted by molar-refractivity contribution is 5.71. The highest BCUT2D eigenvalue weighted by Crippen LogP contribution is 2.14. The van der Waals surface area contributed by atoms with Gasteiger partial charge in [-0.3, -0.25) is 4.79 Å². The van der Waals surface area contributed by atoms with E-state index < -0.39 is 17.6 Å². The summed E-state index contributed by atoms with van der Waals surface area (Å²) in [7, 11) is 0. The third kappa shape index (κ3) is 3.79. The number of esters is 1. The minimum atomic E-state index is -0.817. The van der Waals surface area contributed by atoms with Gasteiger partial charge < -0.3 is 10.1 Å². The SMILES string of the molecule is CCOC(=O)CNCc1c(F)cc(C#N)cc1F. The van der Waals surface area contributed by atoms with Crippen molar-refractivity contribution in [2.24, 2.45) is 0 Å². The number of nitrogens with one attached hydrogen (secondary N) is 1. The highest BCUT2D eigenvalue weighted by atomic mass is 19.1. The maximum absolute atomic E-state index is 13.4. The molecule has 0 saturated carbocycles. The number of halogens is 2. The fourth-order valence-corrected chi connectivity index (χ4v) is 1.34. The average Bonchev–Trinajstić information content (AvgIpc) is 2.32. The predicted octanol–water partition coefficient (Wildman–Crippen LogP) is 1.49. The zero-order chi connectivity index (χ0) is 13.5. The lowest BCUT2D eigenvalue weighted by Crippen LogP contribution is -2.25. The van der Waals surface area contributed by atoms with Crippen LogP contribution in [0, 0.1) is 23.0 Å². The number of nitrogens with zero attached hydrogens (tertiary/aromatic N) is 1. The molecule has 0 aliphatic heterocycles. The van der Waals surface area contributed by atoms with Gasteiger partial charge in [-0.05, 0) is 19.1 Å². The van der Waals surface area contributed by atoms with Gasteiger partial charge in [-0.15, -0.1) is 0 Å². The Bertz CT molecular complexity index is 460. The molecule has 0 atom stereocenters. The summed E-state index contributed by atoms with van der Waals surface area (Å²) in [6.07, 6.45) is 0. The summed E-state index contributed by atoms with van der Waals surface area (Å²) in [6, 6.07) is 3.55. The molecule has 0 aliphatic carbocycles. The van der Waals surface area contributed by atoms with E-state index in [4.69, 9.17) is 5.26 Å². The van der Waals surface area contributed by atoms with Crippen molar-refractivity contribution in [3.63, 3.8) is 0 Å². The molecule has 0 unspecified atom stereocenters. The molecule has 1 rings (SSSR count). The van der Waals surface area contributed by atoms with Crippen molar-refractivity contribution in [2.45, 2.75) is 13.5 Å². The van der Waals surface area contributed by atoms with Gasteiger partial charge in [0.15, 0.2) is 0 Å². The molecule has 0 aliphatic rings. The largest absolute Gasteiger partial charge is 0.465 e. The fraction of sp³-hybridized carbons (Fsp3) is 0.333. The van der Waals surface area contributed by atoms with Gasteiger partial charge in [0.2, 0.25) is 0 Å². The van der Waals surface area contributed by atoms with Crippen LogP contribution < -0.4 is 5.32 Å². The molecule has 4 nitrogen and oxygen atoms in total. The minimum absolute atomic E-state index is 0.0841. The maximum atomic E-state index is 13.4. The average molecular weight is 254 g/mol. The second kappa shape index (κ2) is 6.67. The van der Waals surface area contributed by atoms with Gasteiger partial charge in [-0.1, -0.05) is 0 Å². The van der Waals surface area contributed by atoms with Gasteiger partial charge >= 0.3 is 5.97 Å². The van der Waals surface area contributed by atoms with Gasteiger partial charge in [0.25, 0.3) is 0 Å². The number of nitriles is 1. The van der Waals surface area contributed by atoms with Crippen LogP contribution in [0.2, 0.25) is 0 Å². The van der Waals surface area contributed by atoms with Crippen molar-refractivity contribution >= 4 is 5.97 Å². The first-order chi connectivity index (χ1) is 8.58. The number of carbonyl (C=O) groups excluding carboxylic acids is 1. The lowest BCUT2D eigenvalue weighted by Gasteiger charge is -2.07. The molecule has 6 heteroatoms. The van der Waals surface area contributed by atoms with E-state index in [1.807, 2.05) is 0 Å². The smallest absolute Gasteiger partial charge is 0.319 e. The third-order valence-corrected chi connectivity index (χ3v) is 2.15. The highest BCUT2D eigenvalue weighted by Gasteiger charge is 2.11. The molecule has 1 aromatic rings. The number of hydrogen-bond donors (Lipinski definition) is 1. The number of carbonyl (C=O) groups is 1. The van der Waals surface area contributed by atoms with Gasteiger partial charge in [-0.25, -0.2) is 8.78 Å². The van der Waals surface area contributed by atoms with Crippen molar-refractivity contribution in [1.82, 2.24) is 5.32 Å². The summed E-state index contributed by atoms with van der Waals surface area (Å²) >= 11 is 0. The molecule has 0 spiro atoms. The first-order valence-electron chi connectivity index (χ1n) is 5.32. The van der Waals surface area contributed by atoms with E-state index in [1.165, 1.54) is 0 Å². The predicted molar refractivity (Wildman–Crippen MR) is 59.4 cm³/mol. The summed E-state index contributed by atoms with van der Waals surface area (Å²) in [6.45, 7) is 1.63. The molecule has 1 N–H and O–H groups in total. The van der Waals surface area contributed by atoms with Crippen LogP contribution >= 0.6 is 0 Å². The summed E-state index contributed by atoms with van der Waals surface area (Å²) in [5.74, 6) is -2.13. The van der Waals surface area contributed by atoms with Crippen LogP contribution in [-0.2, 0) is 16.1 Å². The van der Waals surface area contributed by atoms with E-state index >= 15 is 0 Å². The summed E-state index contributed by atoms with van der Waals surface area (Å²) in [4.78, 5) is 11.0. The summed E-state index contributed by atoms with van der Waals surface area (Å²) in [5, 5.41) is 11.1. The van der Waals surface area contributed by atoms with Crippen molar-refractivity contribution in [3.8, 4) is 6.07 Å². The Morgan fingerprint density at radius 3 is 2.56 bits per heavy atom. The fourth-order valence-electron chi connectivity index (χ4n) is 1.34. The van der Waals surface area contributed by atoms with Crippen molar-refractivity contribution in [3.05, 3.63) is 34.9 Å². The minimum Gasteiger partial charge on any atom is -0.465 e. The number of rotatable bonds is 5. The van der Waals surface area contributed by atoms with E-state index in [1.54, 1.807) is 13.0 Å². The molecule has 0 bridgehead atoms. The molecular formula is C12H12F2N2O2. The third-order valence-electron chi connectivity index (χ3n) is 2.15. The van der Waals surface area contributed by atoms with Crippen molar-refractivity contribution < 1.29 is 18.3 Å². The Morgan fingerprint density at radius 1 is 1.44 bits per heavy atom. The molecule has 0 aromatic heterocycles. The van der Waals surface area contributed by atoms with Gasteiger partial charge in [0.05, 0.1) is 24.8 Å². The van der Waals surface area contributed by atoms with Gasteiger partial charge in [0, 0.05) is 12.1 Å². The Labute approximate surface area is 103 Å². The lowest BCUT2D eigenvalue weighted by atomic mass is 10.1. The Kier molecular flexibility index (Phi) is 5.21. The first-order valence-corrected chi connectivity index (χ1v) is 5.32. The van der Waals surface area contributed by atoms with Crippen LogP contribution in [0.3, 0.4) is 0 Å². The Hall–Kier alpha value is -2.00. The van der Waals surface area contributed by atoms with Crippen LogP contribution in [0.25, 0.3) is 0 Å². The molecular weight excluding hydrogens is 242 g/mol. The Morgan fingerprint density at radius 2 is 2.06 bits per heavy atom. The van der Waals surface area contributed by atoms with Gasteiger partial charge in [0.1, 0.15) is 11.6 Å². The molecule has 0 radical (unpaired) electrons. The van der Waals surface area contributed by atoms with E-state index in [0.717, 1.165) is 12.1 Å². The van der Waals surface area contributed by atoms with Crippen LogP contribution in [-0.4, -0.2) is 19.1 Å². The molecule has 18 heavy (non-hydrogen) atoms. The van der Waals surface area contributed by atoms with Crippen molar-refractivity contribution in [2.75, 3.05) is 13.2 Å². The number of hydrogen-bond acceptors (Lipinski definition) is 4. The van der Waals surface area contributed by atoms with E-state index in [2.05, 4.69) is 10.1 Å². The summed E-state index contributed by atoms with van der Waals surface area (Å²) in [5.41, 5.74) is -0.294. The standard InChI is InChI=1S/C12H12F2N2O2/c1-2-18-12(17)7-16-6-9-10(13)3-8(5-15)4-11(9)14/h3-4,16H,2,6-7H2,1H3. The zero-order valence-corrected chi connectivity index (χ0v) is 9.80. The normalized spacial score (nSPS) is 9.89. The maximum Gasteiger partial charge on any atom is 0.319 e. The molecule has 96 valence electrons. The monoisotopic (exact) mass is 254 g/mol. The van der Waals surface area contributed by atoms with E-state index in [0.29, 0.717) is 0 Å². The van der Waals surface area contributed by atoms with E-state index in [-0.39, 0.29) is 30.8 Å². The van der Waals surface area contributed by atoms with E-state index in [9.17, 15) is 13.6 Å². The summed E-state index contributed by atoms with van der Waals surface area (Å²) < 4.78 is 31.5. The van der Waals surface area contributed by atoms with Crippen LogP contribution in [0.1, 0.15) is 18.1 Å². The molecule has 0 fully saturated rings. The molecule has 0 saturated heterocycles. The van der Waals surface area contributed by atoms with Crippen LogP contribution in [0.5, 0.6) is 0 Å². The lowest BCUT2D eigenvalue weighted by molar-refractivity contribution is -0.142. The Balaban J connectivity index is 2.63. The van der Waals surface area contributed by atoms with Gasteiger partial charge in [-0.2, -0.15) is 5.26 Å². The zero-order valence-electron chi connectivity index (χ0n) is 9.80. The second-order valence-electron chi connectivity index (χ2n) is 3.44. The van der Waals surface area contributed by atoms with Crippen LogP contribution in [0.4, 0.5) is 8.78 Å².